The molecule has 156 valence electrons. The molecule has 0 aliphatic rings. The maximum absolute atomic E-state index is 12.8. The van der Waals surface area contributed by atoms with Crippen molar-refractivity contribution in [2.24, 2.45) is 0 Å². The summed E-state index contributed by atoms with van der Waals surface area (Å²) in [6.07, 6.45) is 1.58. The Morgan fingerprint density at radius 1 is 1.20 bits per heavy atom. The van der Waals surface area contributed by atoms with Crippen LogP contribution in [0, 0.1) is 17.0 Å². The zero-order valence-electron chi connectivity index (χ0n) is 15.9. The number of carboxylic acid groups (broad SMARTS) is 1. The molecule has 2 N–H and O–H groups in total. The number of ether oxygens (including phenoxy) is 1. The Balaban J connectivity index is 1.97. The maximum Gasteiger partial charge on any atom is 0.352 e. The van der Waals surface area contributed by atoms with Gasteiger partial charge in [0.2, 0.25) is 0 Å². The first-order chi connectivity index (χ1) is 14.1. The van der Waals surface area contributed by atoms with Crippen LogP contribution in [0.5, 0.6) is 5.75 Å². The Morgan fingerprint density at radius 3 is 2.53 bits per heavy atom. The fraction of sp³-hybridized carbons (Fsp3) is 0.105. The smallest absolute Gasteiger partial charge is 0.352 e. The molecule has 0 radical (unpaired) electrons. The van der Waals surface area contributed by atoms with E-state index in [1.165, 1.54) is 35.9 Å². The van der Waals surface area contributed by atoms with Crippen LogP contribution in [0.25, 0.3) is 5.69 Å². The molecule has 0 atom stereocenters. The van der Waals surface area contributed by atoms with Gasteiger partial charge >= 0.3 is 5.97 Å². The molecule has 0 spiro atoms. The number of anilines is 1. The van der Waals surface area contributed by atoms with Gasteiger partial charge in [0, 0.05) is 17.6 Å². The first-order valence-electron chi connectivity index (χ1n) is 8.51. The van der Waals surface area contributed by atoms with E-state index in [1.54, 1.807) is 25.3 Å². The molecule has 30 heavy (non-hydrogen) atoms. The van der Waals surface area contributed by atoms with Gasteiger partial charge in [0.1, 0.15) is 11.4 Å². The standard InChI is InChI=1S/C19H17N3O7S/c1-12-10-13(5-7-15(12)21-9-3-4-16(21)19(23)24)20-30(27,28)18-8-6-14(29-2)11-17(18)22(25)26/h3-11,20H,1-2H3,(H,23,24). The topological polar surface area (TPSA) is 141 Å². The van der Waals surface area contributed by atoms with Crippen LogP contribution >= 0.6 is 0 Å². The van der Waals surface area contributed by atoms with Gasteiger partial charge in [0.05, 0.1) is 18.1 Å². The van der Waals surface area contributed by atoms with Gasteiger partial charge in [-0.05, 0) is 55.0 Å². The number of nitrogens with one attached hydrogen (secondary N) is 1. The van der Waals surface area contributed by atoms with E-state index >= 15 is 0 Å². The number of benzene rings is 2. The van der Waals surface area contributed by atoms with Gasteiger partial charge in [0.15, 0.2) is 4.90 Å². The third-order valence-corrected chi connectivity index (χ3v) is 5.76. The van der Waals surface area contributed by atoms with Crippen molar-refractivity contribution in [2.75, 3.05) is 11.8 Å². The first-order valence-corrected chi connectivity index (χ1v) is 9.99. The lowest BCUT2D eigenvalue weighted by Gasteiger charge is -2.13. The highest BCUT2D eigenvalue weighted by molar-refractivity contribution is 7.92. The van der Waals surface area contributed by atoms with Crippen molar-refractivity contribution in [2.45, 2.75) is 11.8 Å². The summed E-state index contributed by atoms with van der Waals surface area (Å²) in [4.78, 5) is 21.3. The number of rotatable bonds is 7. The molecular formula is C19H17N3O7S. The van der Waals surface area contributed by atoms with Crippen LogP contribution in [0.1, 0.15) is 16.1 Å². The number of carboxylic acids is 1. The fourth-order valence-corrected chi connectivity index (χ4v) is 4.16. The molecule has 3 aromatic rings. The highest BCUT2D eigenvalue weighted by Gasteiger charge is 2.27. The molecule has 0 aliphatic carbocycles. The predicted molar refractivity (Wildman–Crippen MR) is 108 cm³/mol. The maximum atomic E-state index is 12.8. The van der Waals surface area contributed by atoms with Crippen molar-refractivity contribution in [3.8, 4) is 11.4 Å². The number of nitro benzene ring substituents is 1. The third kappa shape index (κ3) is 3.96. The number of aromatic nitrogens is 1. The van der Waals surface area contributed by atoms with Gasteiger partial charge < -0.3 is 14.4 Å². The van der Waals surface area contributed by atoms with Crippen molar-refractivity contribution in [1.82, 2.24) is 4.57 Å². The zero-order chi connectivity index (χ0) is 22.1. The number of nitrogens with zero attached hydrogens (tertiary/aromatic N) is 2. The van der Waals surface area contributed by atoms with Crippen molar-refractivity contribution in [3.05, 3.63) is 76.1 Å². The highest BCUT2D eigenvalue weighted by atomic mass is 32.2. The molecule has 0 bridgehead atoms. The highest BCUT2D eigenvalue weighted by Crippen LogP contribution is 2.30. The second kappa shape index (κ2) is 7.87. The number of aryl methyl sites for hydroxylation is 1. The molecule has 0 saturated carbocycles. The van der Waals surface area contributed by atoms with Gasteiger partial charge in [-0.2, -0.15) is 0 Å². The van der Waals surface area contributed by atoms with Crippen LogP contribution in [0.4, 0.5) is 11.4 Å². The quantitative estimate of drug-likeness (QED) is 0.432. The normalized spacial score (nSPS) is 11.1. The summed E-state index contributed by atoms with van der Waals surface area (Å²) in [5.41, 5.74) is 0.758. The third-order valence-electron chi connectivity index (χ3n) is 4.33. The van der Waals surface area contributed by atoms with Crippen LogP contribution < -0.4 is 9.46 Å². The van der Waals surface area contributed by atoms with E-state index in [0.29, 0.717) is 11.3 Å². The van der Waals surface area contributed by atoms with Gasteiger partial charge in [-0.15, -0.1) is 0 Å². The Labute approximate surface area is 171 Å². The number of sulfonamides is 1. The molecule has 10 nitrogen and oxygen atoms in total. The fourth-order valence-electron chi connectivity index (χ4n) is 2.96. The van der Waals surface area contributed by atoms with Gasteiger partial charge in [-0.25, -0.2) is 13.2 Å². The summed E-state index contributed by atoms with van der Waals surface area (Å²) >= 11 is 0. The molecule has 0 aliphatic heterocycles. The van der Waals surface area contributed by atoms with Crippen LogP contribution in [-0.4, -0.2) is 36.1 Å². The summed E-state index contributed by atoms with van der Waals surface area (Å²) in [5.74, 6) is -0.946. The van der Waals surface area contributed by atoms with Crippen molar-refractivity contribution in [3.63, 3.8) is 0 Å². The minimum absolute atomic E-state index is 0.0558. The molecule has 11 heteroatoms. The van der Waals surface area contributed by atoms with Crippen LogP contribution in [0.3, 0.4) is 0 Å². The Kier molecular flexibility index (Phi) is 5.47. The van der Waals surface area contributed by atoms with E-state index in [9.17, 15) is 28.4 Å². The number of aromatic carboxylic acids is 1. The molecule has 0 fully saturated rings. The summed E-state index contributed by atoms with van der Waals surface area (Å²) in [7, 11) is -2.95. The lowest BCUT2D eigenvalue weighted by Crippen LogP contribution is -2.15. The number of hydrogen-bond donors (Lipinski definition) is 2. The lowest BCUT2D eigenvalue weighted by atomic mass is 10.1. The van der Waals surface area contributed by atoms with E-state index < -0.39 is 31.5 Å². The Bertz CT molecular complexity index is 1250. The number of carbonyl (C=O) groups is 1. The zero-order valence-corrected chi connectivity index (χ0v) is 16.7. The molecule has 0 saturated heterocycles. The lowest BCUT2D eigenvalue weighted by molar-refractivity contribution is -0.387. The predicted octanol–water partition coefficient (Wildman–Crippen LogP) is 3.20. The molecule has 0 amide bonds. The molecule has 0 unspecified atom stereocenters. The van der Waals surface area contributed by atoms with Crippen molar-refractivity contribution < 1.29 is 28.0 Å². The number of methoxy groups -OCH3 is 1. The van der Waals surface area contributed by atoms with Crippen LogP contribution in [0.15, 0.2) is 59.6 Å². The van der Waals surface area contributed by atoms with E-state index in [4.69, 9.17) is 4.74 Å². The Hall–Kier alpha value is -3.86. The van der Waals surface area contributed by atoms with Crippen molar-refractivity contribution in [1.29, 1.82) is 0 Å². The van der Waals surface area contributed by atoms with E-state index in [1.807, 2.05) is 0 Å². The minimum atomic E-state index is -4.27. The summed E-state index contributed by atoms with van der Waals surface area (Å²) in [6.45, 7) is 1.69. The largest absolute Gasteiger partial charge is 0.497 e. The van der Waals surface area contributed by atoms with E-state index in [2.05, 4.69) is 4.72 Å². The average molecular weight is 431 g/mol. The van der Waals surface area contributed by atoms with E-state index in [-0.39, 0.29) is 17.1 Å². The van der Waals surface area contributed by atoms with E-state index in [0.717, 1.165) is 12.1 Å². The summed E-state index contributed by atoms with van der Waals surface area (Å²) < 4.78 is 34.2. The first kappa shape index (κ1) is 20.9. The van der Waals surface area contributed by atoms with Gasteiger partial charge in [-0.1, -0.05) is 0 Å². The minimum Gasteiger partial charge on any atom is -0.497 e. The van der Waals surface area contributed by atoms with Crippen LogP contribution in [0.2, 0.25) is 0 Å². The van der Waals surface area contributed by atoms with Crippen LogP contribution in [-0.2, 0) is 10.0 Å². The van der Waals surface area contributed by atoms with Gasteiger partial charge in [0.25, 0.3) is 15.7 Å². The summed E-state index contributed by atoms with van der Waals surface area (Å²) in [6, 6.07) is 11.0. The van der Waals surface area contributed by atoms with Crippen molar-refractivity contribution >= 4 is 27.4 Å². The van der Waals surface area contributed by atoms with Gasteiger partial charge in [-0.3, -0.25) is 14.8 Å². The number of hydrogen-bond acceptors (Lipinski definition) is 6. The SMILES string of the molecule is COc1ccc(S(=O)(=O)Nc2ccc(-n3cccc3C(=O)O)c(C)c2)c([N+](=O)[O-])c1. The molecular weight excluding hydrogens is 414 g/mol. The second-order valence-corrected chi connectivity index (χ2v) is 7.92. The molecule has 1 heterocycles. The Morgan fingerprint density at radius 2 is 1.93 bits per heavy atom. The summed E-state index contributed by atoms with van der Waals surface area (Å²) in [5, 5.41) is 20.6. The molecule has 1 aromatic heterocycles. The average Bonchev–Trinajstić information content (AvgIpc) is 3.17. The number of nitro groups is 1. The molecule has 2 aromatic carbocycles. The second-order valence-electron chi connectivity index (χ2n) is 6.27. The monoisotopic (exact) mass is 431 g/mol. The molecule has 3 rings (SSSR count).